The minimum atomic E-state index is -0.948. The van der Waals surface area contributed by atoms with Crippen LogP contribution in [0.2, 0.25) is 5.02 Å². The summed E-state index contributed by atoms with van der Waals surface area (Å²) in [7, 11) is 0. The van der Waals surface area contributed by atoms with Crippen molar-refractivity contribution in [1.29, 1.82) is 0 Å². The fourth-order valence-electron chi connectivity index (χ4n) is 2.51. The minimum Gasteiger partial charge on any atom is -0.351 e. The van der Waals surface area contributed by atoms with Gasteiger partial charge in [-0.25, -0.2) is 0 Å². The Morgan fingerprint density at radius 2 is 1.67 bits per heavy atom. The zero-order valence-electron chi connectivity index (χ0n) is 13.1. The van der Waals surface area contributed by atoms with E-state index >= 15 is 0 Å². The number of rotatable bonds is 6. The van der Waals surface area contributed by atoms with Crippen molar-refractivity contribution in [1.82, 2.24) is 15.6 Å². The zero-order chi connectivity index (χ0) is 17.0. The van der Waals surface area contributed by atoms with E-state index in [0.29, 0.717) is 31.0 Å². The smallest absolute Gasteiger partial charge is 0.236 e. The number of halogens is 1. The first kappa shape index (κ1) is 16.5. The molecule has 1 aliphatic carbocycles. The molecule has 1 aromatic carbocycles. The number of amides is 2. The van der Waals surface area contributed by atoms with Gasteiger partial charge in [0.2, 0.25) is 11.8 Å². The van der Waals surface area contributed by atoms with Crippen molar-refractivity contribution < 1.29 is 9.59 Å². The summed E-state index contributed by atoms with van der Waals surface area (Å²) in [5.41, 5.74) is 0.645. The average Bonchev–Trinajstić information content (AvgIpc) is 3.41. The fraction of sp³-hybridized carbons (Fsp3) is 0.278. The Bertz CT molecular complexity index is 745. The van der Waals surface area contributed by atoms with Crippen LogP contribution in [0.3, 0.4) is 0 Å². The molecule has 0 unspecified atom stereocenters. The monoisotopic (exact) mass is 343 g/mol. The molecule has 1 aliphatic rings. The maximum atomic E-state index is 12.4. The summed E-state index contributed by atoms with van der Waals surface area (Å²) in [4.78, 5) is 29.0. The van der Waals surface area contributed by atoms with Crippen molar-refractivity contribution in [2.24, 2.45) is 5.41 Å². The molecule has 5 nitrogen and oxygen atoms in total. The van der Waals surface area contributed by atoms with Gasteiger partial charge in [0.15, 0.2) is 0 Å². The molecule has 0 aliphatic heterocycles. The van der Waals surface area contributed by atoms with Gasteiger partial charge in [0.1, 0.15) is 5.41 Å². The Balaban J connectivity index is 1.56. The van der Waals surface area contributed by atoms with Crippen molar-refractivity contribution in [3.63, 3.8) is 0 Å². The Morgan fingerprint density at radius 1 is 1.00 bits per heavy atom. The molecule has 0 atom stereocenters. The van der Waals surface area contributed by atoms with Gasteiger partial charge in [-0.3, -0.25) is 14.6 Å². The number of hydrogen-bond acceptors (Lipinski definition) is 3. The lowest BCUT2D eigenvalue weighted by Gasteiger charge is -2.15. The normalized spacial score (nSPS) is 14.7. The van der Waals surface area contributed by atoms with Crippen LogP contribution < -0.4 is 10.6 Å². The molecule has 2 amide bonds. The molecular formula is C18H18ClN3O2. The molecular weight excluding hydrogens is 326 g/mol. The molecule has 1 heterocycles. The van der Waals surface area contributed by atoms with E-state index in [4.69, 9.17) is 11.6 Å². The molecule has 0 bridgehead atoms. The second kappa shape index (κ2) is 7.01. The summed E-state index contributed by atoms with van der Waals surface area (Å²) in [6, 6.07) is 12.8. The van der Waals surface area contributed by atoms with Crippen molar-refractivity contribution in [3.05, 3.63) is 64.9 Å². The topological polar surface area (TPSA) is 71.1 Å². The van der Waals surface area contributed by atoms with Gasteiger partial charge in [0.05, 0.1) is 12.2 Å². The summed E-state index contributed by atoms with van der Waals surface area (Å²) in [6.45, 7) is 0.632. The van der Waals surface area contributed by atoms with E-state index in [1.165, 1.54) is 0 Å². The fourth-order valence-corrected chi connectivity index (χ4v) is 2.71. The molecule has 3 rings (SSSR count). The summed E-state index contributed by atoms with van der Waals surface area (Å²) < 4.78 is 0. The molecule has 0 spiro atoms. The van der Waals surface area contributed by atoms with Crippen LogP contribution >= 0.6 is 11.6 Å². The molecule has 1 aromatic heterocycles. The van der Waals surface area contributed by atoms with E-state index in [-0.39, 0.29) is 11.8 Å². The highest BCUT2D eigenvalue weighted by atomic mass is 35.5. The molecule has 24 heavy (non-hydrogen) atoms. The number of carbonyl (C=O) groups is 2. The molecule has 1 fully saturated rings. The van der Waals surface area contributed by atoms with Crippen molar-refractivity contribution in [2.75, 3.05) is 0 Å². The summed E-state index contributed by atoms with van der Waals surface area (Å²) in [5, 5.41) is 6.22. The quantitative estimate of drug-likeness (QED) is 0.791. The number of hydrogen-bond donors (Lipinski definition) is 2. The van der Waals surface area contributed by atoms with Gasteiger partial charge in [-0.1, -0.05) is 35.9 Å². The molecule has 0 radical (unpaired) electrons. The van der Waals surface area contributed by atoms with Gasteiger partial charge in [-0.15, -0.1) is 0 Å². The van der Waals surface area contributed by atoms with E-state index in [9.17, 15) is 9.59 Å². The van der Waals surface area contributed by atoms with E-state index in [1.807, 2.05) is 36.4 Å². The maximum Gasteiger partial charge on any atom is 0.236 e. The van der Waals surface area contributed by atoms with Crippen molar-refractivity contribution in [3.8, 4) is 0 Å². The first-order chi connectivity index (χ1) is 11.6. The van der Waals surface area contributed by atoms with E-state index in [1.54, 1.807) is 12.3 Å². The van der Waals surface area contributed by atoms with Crippen LogP contribution in [0, 0.1) is 5.41 Å². The second-order valence-corrected chi connectivity index (χ2v) is 6.27. The van der Waals surface area contributed by atoms with Gasteiger partial charge >= 0.3 is 0 Å². The zero-order valence-corrected chi connectivity index (χ0v) is 13.8. The predicted molar refractivity (Wildman–Crippen MR) is 91.0 cm³/mol. The summed E-state index contributed by atoms with van der Waals surface area (Å²) in [6.07, 6.45) is 2.80. The highest BCUT2D eigenvalue weighted by Gasteiger charge is 2.56. The van der Waals surface area contributed by atoms with Gasteiger partial charge in [-0.05, 0) is 36.6 Å². The Kier molecular flexibility index (Phi) is 4.81. The van der Waals surface area contributed by atoms with Crippen LogP contribution in [0.25, 0.3) is 0 Å². The first-order valence-corrected chi connectivity index (χ1v) is 8.19. The molecule has 6 heteroatoms. The third kappa shape index (κ3) is 3.57. The number of benzene rings is 1. The lowest BCUT2D eigenvalue weighted by molar-refractivity contribution is -0.137. The number of pyridine rings is 1. The summed E-state index contributed by atoms with van der Waals surface area (Å²) in [5.74, 6) is -0.495. The highest BCUT2D eigenvalue weighted by Crippen LogP contribution is 2.46. The maximum absolute atomic E-state index is 12.4. The van der Waals surface area contributed by atoms with E-state index < -0.39 is 5.41 Å². The molecule has 2 N–H and O–H groups in total. The Morgan fingerprint density at radius 3 is 2.29 bits per heavy atom. The van der Waals surface area contributed by atoms with Crippen LogP contribution in [0.4, 0.5) is 0 Å². The average molecular weight is 344 g/mol. The lowest BCUT2D eigenvalue weighted by atomic mass is 10.0. The SMILES string of the molecule is O=C(NCc1ccccn1)C1(C(=O)NCc2ccccc2Cl)CC1. The number of aromatic nitrogens is 1. The third-order valence-electron chi connectivity index (χ3n) is 4.17. The van der Waals surface area contributed by atoms with Crippen molar-refractivity contribution in [2.45, 2.75) is 25.9 Å². The largest absolute Gasteiger partial charge is 0.351 e. The predicted octanol–water partition coefficient (Wildman–Crippen LogP) is 2.45. The number of carbonyl (C=O) groups excluding carboxylic acids is 2. The number of nitrogens with one attached hydrogen (secondary N) is 2. The highest BCUT2D eigenvalue weighted by molar-refractivity contribution is 6.31. The Hall–Kier alpha value is -2.40. The van der Waals surface area contributed by atoms with Gasteiger partial charge in [0, 0.05) is 17.8 Å². The Labute approximate surface area is 145 Å². The second-order valence-electron chi connectivity index (χ2n) is 5.86. The van der Waals surface area contributed by atoms with Gasteiger partial charge in [-0.2, -0.15) is 0 Å². The van der Waals surface area contributed by atoms with Crippen LogP contribution in [0.1, 0.15) is 24.1 Å². The van der Waals surface area contributed by atoms with Crippen LogP contribution in [0.5, 0.6) is 0 Å². The van der Waals surface area contributed by atoms with Gasteiger partial charge in [0.25, 0.3) is 0 Å². The first-order valence-electron chi connectivity index (χ1n) is 7.82. The van der Waals surface area contributed by atoms with Gasteiger partial charge < -0.3 is 10.6 Å². The van der Waals surface area contributed by atoms with Crippen molar-refractivity contribution >= 4 is 23.4 Å². The van der Waals surface area contributed by atoms with E-state index in [0.717, 1.165) is 11.3 Å². The molecule has 124 valence electrons. The molecule has 2 aromatic rings. The minimum absolute atomic E-state index is 0.246. The summed E-state index contributed by atoms with van der Waals surface area (Å²) >= 11 is 6.08. The molecule has 1 saturated carbocycles. The third-order valence-corrected chi connectivity index (χ3v) is 4.54. The van der Waals surface area contributed by atoms with E-state index in [2.05, 4.69) is 15.6 Å². The van der Waals surface area contributed by atoms with Crippen LogP contribution in [-0.2, 0) is 22.7 Å². The molecule has 0 saturated heterocycles. The van der Waals surface area contributed by atoms with Crippen LogP contribution in [-0.4, -0.2) is 16.8 Å². The number of nitrogens with zero attached hydrogens (tertiary/aromatic N) is 1. The lowest BCUT2D eigenvalue weighted by Crippen LogP contribution is -2.42. The standard InChI is InChI=1S/C18H18ClN3O2/c19-15-7-2-1-5-13(15)11-21-16(23)18(8-9-18)17(24)22-12-14-6-3-4-10-20-14/h1-7,10H,8-9,11-12H2,(H,21,23)(H,22,24). The van der Waals surface area contributed by atoms with Crippen LogP contribution in [0.15, 0.2) is 48.7 Å².